The summed E-state index contributed by atoms with van der Waals surface area (Å²) in [5, 5.41) is 7.59. The SMILES string of the molecule is Cc1nn(C)c(C)c1CCC(=O)NCC(c1cccnc1)N1CCCCC1. The molecule has 1 aliphatic heterocycles. The van der Waals surface area contributed by atoms with Crippen molar-refractivity contribution in [2.24, 2.45) is 7.05 Å². The lowest BCUT2D eigenvalue weighted by Crippen LogP contribution is -2.40. The van der Waals surface area contributed by atoms with Gasteiger partial charge in [0, 0.05) is 38.1 Å². The Balaban J connectivity index is 1.58. The topological polar surface area (TPSA) is 63.1 Å². The van der Waals surface area contributed by atoms with Crippen molar-refractivity contribution in [2.45, 2.75) is 52.0 Å². The number of piperidine rings is 1. The van der Waals surface area contributed by atoms with Crippen molar-refractivity contribution >= 4 is 5.91 Å². The van der Waals surface area contributed by atoms with E-state index in [1.807, 2.05) is 30.9 Å². The fourth-order valence-electron chi connectivity index (χ4n) is 3.98. The first-order valence-corrected chi connectivity index (χ1v) is 9.96. The smallest absolute Gasteiger partial charge is 0.220 e. The zero-order valence-corrected chi connectivity index (χ0v) is 16.7. The average Bonchev–Trinajstić information content (AvgIpc) is 2.93. The van der Waals surface area contributed by atoms with Crippen molar-refractivity contribution in [2.75, 3.05) is 19.6 Å². The van der Waals surface area contributed by atoms with Crippen LogP contribution in [0.2, 0.25) is 0 Å². The number of pyridine rings is 1. The fourth-order valence-corrected chi connectivity index (χ4v) is 3.98. The number of aryl methyl sites for hydroxylation is 2. The number of hydrogen-bond acceptors (Lipinski definition) is 4. The van der Waals surface area contributed by atoms with E-state index in [2.05, 4.69) is 33.3 Å². The van der Waals surface area contributed by atoms with E-state index >= 15 is 0 Å². The number of hydrogen-bond donors (Lipinski definition) is 1. The predicted octanol–water partition coefficient (Wildman–Crippen LogP) is 2.71. The molecule has 1 saturated heterocycles. The van der Waals surface area contributed by atoms with Gasteiger partial charge in [-0.2, -0.15) is 5.10 Å². The predicted molar refractivity (Wildman–Crippen MR) is 106 cm³/mol. The van der Waals surface area contributed by atoms with Crippen LogP contribution in [0.25, 0.3) is 0 Å². The van der Waals surface area contributed by atoms with Crippen molar-refractivity contribution < 1.29 is 4.79 Å². The van der Waals surface area contributed by atoms with Crippen LogP contribution in [0.5, 0.6) is 0 Å². The van der Waals surface area contributed by atoms with Gasteiger partial charge in [0.2, 0.25) is 5.91 Å². The van der Waals surface area contributed by atoms with Crippen molar-refractivity contribution in [3.05, 3.63) is 47.0 Å². The summed E-state index contributed by atoms with van der Waals surface area (Å²) in [6.45, 7) is 6.87. The highest BCUT2D eigenvalue weighted by atomic mass is 16.1. The molecule has 1 fully saturated rings. The standard InChI is InChI=1S/C21H31N5O/c1-16-19(17(2)25(3)24-16)9-10-21(27)23-15-20(18-8-7-11-22-14-18)26-12-5-4-6-13-26/h7-8,11,14,20H,4-6,9-10,12-13,15H2,1-3H3,(H,23,27). The van der Waals surface area contributed by atoms with Gasteiger partial charge in [0.15, 0.2) is 0 Å². The molecule has 1 N–H and O–H groups in total. The van der Waals surface area contributed by atoms with Crippen molar-refractivity contribution in [3.63, 3.8) is 0 Å². The first-order chi connectivity index (χ1) is 13.1. The van der Waals surface area contributed by atoms with E-state index in [1.165, 1.54) is 30.4 Å². The van der Waals surface area contributed by atoms with Gasteiger partial charge in [-0.3, -0.25) is 19.4 Å². The van der Waals surface area contributed by atoms with Gasteiger partial charge < -0.3 is 5.32 Å². The van der Waals surface area contributed by atoms with Crippen LogP contribution in [0.4, 0.5) is 0 Å². The Morgan fingerprint density at radius 2 is 2.04 bits per heavy atom. The third-order valence-corrected chi connectivity index (χ3v) is 5.65. The van der Waals surface area contributed by atoms with E-state index < -0.39 is 0 Å². The van der Waals surface area contributed by atoms with Crippen LogP contribution in [0.3, 0.4) is 0 Å². The zero-order valence-electron chi connectivity index (χ0n) is 16.7. The Hall–Kier alpha value is -2.21. The molecule has 0 radical (unpaired) electrons. The Morgan fingerprint density at radius 1 is 1.26 bits per heavy atom. The second-order valence-electron chi connectivity index (χ2n) is 7.48. The van der Waals surface area contributed by atoms with Crippen LogP contribution in [0.1, 0.15) is 54.2 Å². The highest BCUT2D eigenvalue weighted by molar-refractivity contribution is 5.76. The van der Waals surface area contributed by atoms with Gasteiger partial charge >= 0.3 is 0 Å². The van der Waals surface area contributed by atoms with E-state index in [9.17, 15) is 4.79 Å². The summed E-state index contributed by atoms with van der Waals surface area (Å²) in [5.41, 5.74) is 4.53. The van der Waals surface area contributed by atoms with Gasteiger partial charge in [0.25, 0.3) is 0 Å². The second-order valence-corrected chi connectivity index (χ2v) is 7.48. The largest absolute Gasteiger partial charge is 0.354 e. The lowest BCUT2D eigenvalue weighted by atomic mass is 10.0. The lowest BCUT2D eigenvalue weighted by molar-refractivity contribution is -0.121. The van der Waals surface area contributed by atoms with E-state index in [4.69, 9.17) is 0 Å². The van der Waals surface area contributed by atoms with Crippen LogP contribution >= 0.6 is 0 Å². The first kappa shape index (κ1) is 19.5. The molecule has 2 aromatic rings. The molecule has 3 heterocycles. The summed E-state index contributed by atoms with van der Waals surface area (Å²) in [5.74, 6) is 0.101. The molecule has 27 heavy (non-hydrogen) atoms. The molecule has 3 rings (SSSR count). The number of carbonyl (C=O) groups is 1. The molecule has 1 amide bonds. The van der Waals surface area contributed by atoms with E-state index in [0.29, 0.717) is 13.0 Å². The third kappa shape index (κ3) is 4.95. The Kier molecular flexibility index (Phi) is 6.61. The van der Waals surface area contributed by atoms with E-state index in [0.717, 1.165) is 30.9 Å². The Morgan fingerprint density at radius 3 is 2.67 bits per heavy atom. The molecule has 0 spiro atoms. The van der Waals surface area contributed by atoms with E-state index in [1.54, 1.807) is 6.20 Å². The van der Waals surface area contributed by atoms with Crippen LogP contribution in [0.15, 0.2) is 24.5 Å². The third-order valence-electron chi connectivity index (χ3n) is 5.65. The minimum absolute atomic E-state index is 0.101. The average molecular weight is 370 g/mol. The van der Waals surface area contributed by atoms with Crippen LogP contribution in [-0.4, -0.2) is 45.2 Å². The lowest BCUT2D eigenvalue weighted by Gasteiger charge is -2.34. The molecular formula is C21H31N5O. The molecule has 6 heteroatoms. The van der Waals surface area contributed by atoms with Crippen LogP contribution < -0.4 is 5.32 Å². The molecule has 1 aliphatic rings. The summed E-state index contributed by atoms with van der Waals surface area (Å²) >= 11 is 0. The van der Waals surface area contributed by atoms with Crippen molar-refractivity contribution in [3.8, 4) is 0 Å². The summed E-state index contributed by atoms with van der Waals surface area (Å²) in [7, 11) is 1.95. The molecule has 0 bridgehead atoms. The number of rotatable bonds is 7. The molecule has 1 unspecified atom stereocenters. The minimum atomic E-state index is 0.101. The molecule has 6 nitrogen and oxygen atoms in total. The Bertz CT molecular complexity index is 749. The maximum absolute atomic E-state index is 12.5. The van der Waals surface area contributed by atoms with Gasteiger partial charge in [-0.05, 0) is 63.4 Å². The Labute approximate surface area is 162 Å². The van der Waals surface area contributed by atoms with Crippen molar-refractivity contribution in [1.82, 2.24) is 25.0 Å². The number of nitrogens with one attached hydrogen (secondary N) is 1. The second kappa shape index (κ2) is 9.13. The normalized spacial score (nSPS) is 16.3. The van der Waals surface area contributed by atoms with Gasteiger partial charge in [0.05, 0.1) is 11.7 Å². The molecule has 0 aliphatic carbocycles. The number of likely N-dealkylation sites (tertiary alicyclic amines) is 1. The quantitative estimate of drug-likeness (QED) is 0.815. The van der Waals surface area contributed by atoms with E-state index in [-0.39, 0.29) is 11.9 Å². The maximum Gasteiger partial charge on any atom is 0.220 e. The number of carbonyl (C=O) groups excluding carboxylic acids is 1. The highest BCUT2D eigenvalue weighted by Gasteiger charge is 2.23. The summed E-state index contributed by atoms with van der Waals surface area (Å²) in [6.07, 6.45) is 8.70. The van der Waals surface area contributed by atoms with Gasteiger partial charge in [0.1, 0.15) is 0 Å². The molecule has 0 saturated carbocycles. The molecular weight excluding hydrogens is 338 g/mol. The van der Waals surface area contributed by atoms with Gasteiger partial charge in [-0.25, -0.2) is 0 Å². The maximum atomic E-state index is 12.5. The van der Waals surface area contributed by atoms with Crippen molar-refractivity contribution in [1.29, 1.82) is 0 Å². The number of amides is 1. The van der Waals surface area contributed by atoms with Crippen LogP contribution in [0, 0.1) is 13.8 Å². The first-order valence-electron chi connectivity index (χ1n) is 9.96. The molecule has 1 atom stereocenters. The van der Waals surface area contributed by atoms with Gasteiger partial charge in [-0.1, -0.05) is 12.5 Å². The molecule has 2 aromatic heterocycles. The molecule has 0 aromatic carbocycles. The highest BCUT2D eigenvalue weighted by Crippen LogP contribution is 2.23. The number of nitrogens with zero attached hydrogens (tertiary/aromatic N) is 4. The summed E-state index contributed by atoms with van der Waals surface area (Å²) in [4.78, 5) is 19.3. The molecule has 146 valence electrons. The monoisotopic (exact) mass is 369 g/mol. The zero-order chi connectivity index (χ0) is 19.2. The minimum Gasteiger partial charge on any atom is -0.354 e. The summed E-state index contributed by atoms with van der Waals surface area (Å²) in [6, 6.07) is 4.29. The summed E-state index contributed by atoms with van der Waals surface area (Å²) < 4.78 is 1.89. The number of aromatic nitrogens is 3. The van der Waals surface area contributed by atoms with Gasteiger partial charge in [-0.15, -0.1) is 0 Å². The fraction of sp³-hybridized carbons (Fsp3) is 0.571. The van der Waals surface area contributed by atoms with Crippen LogP contribution in [-0.2, 0) is 18.3 Å².